The van der Waals surface area contributed by atoms with Crippen LogP contribution >= 0.6 is 34.7 Å². The molecule has 0 unspecified atom stereocenters. The smallest absolute Gasteiger partial charge is 0.281 e. The molecule has 1 aromatic heterocycles. The Labute approximate surface area is 162 Å². The largest absolute Gasteiger partial charge is 0.315 e. The predicted octanol–water partition coefficient (Wildman–Crippen LogP) is 4.37. The molecule has 6 nitrogen and oxygen atoms in total. The van der Waals surface area contributed by atoms with Gasteiger partial charge >= 0.3 is 0 Å². The first-order chi connectivity index (χ1) is 12.5. The van der Waals surface area contributed by atoms with E-state index < -0.39 is 10.8 Å². The SMILES string of the molecule is CSCCn1c(=NC(=O)c2ccccc2Cl)sc2cc([N+](=O)[O-])ccc21. The highest BCUT2D eigenvalue weighted by molar-refractivity contribution is 7.98. The molecule has 3 aromatic rings. The highest BCUT2D eigenvalue weighted by atomic mass is 35.5. The first-order valence-electron chi connectivity index (χ1n) is 7.61. The Hall–Kier alpha value is -2.16. The highest BCUT2D eigenvalue weighted by Crippen LogP contribution is 2.24. The molecular formula is C17H14ClN3O3S2. The average Bonchev–Trinajstić information content (AvgIpc) is 2.96. The van der Waals surface area contributed by atoms with E-state index in [0.29, 0.717) is 26.6 Å². The van der Waals surface area contributed by atoms with Crippen molar-refractivity contribution in [2.75, 3.05) is 12.0 Å². The van der Waals surface area contributed by atoms with Crippen LogP contribution in [0.3, 0.4) is 0 Å². The zero-order valence-electron chi connectivity index (χ0n) is 13.7. The number of fused-ring (bicyclic) bond motifs is 1. The maximum absolute atomic E-state index is 12.5. The molecule has 2 aromatic carbocycles. The van der Waals surface area contributed by atoms with Crippen molar-refractivity contribution < 1.29 is 9.72 Å². The summed E-state index contributed by atoms with van der Waals surface area (Å²) in [5.74, 6) is 0.394. The van der Waals surface area contributed by atoms with Crippen LogP contribution < -0.4 is 4.80 Å². The second-order valence-corrected chi connectivity index (χ2v) is 7.74. The number of carbonyl (C=O) groups is 1. The van der Waals surface area contributed by atoms with E-state index in [1.54, 1.807) is 42.1 Å². The topological polar surface area (TPSA) is 77.5 Å². The van der Waals surface area contributed by atoms with Crippen LogP contribution in [-0.4, -0.2) is 27.4 Å². The van der Waals surface area contributed by atoms with Crippen molar-refractivity contribution in [1.29, 1.82) is 0 Å². The van der Waals surface area contributed by atoms with E-state index in [-0.39, 0.29) is 5.69 Å². The summed E-state index contributed by atoms with van der Waals surface area (Å²) in [4.78, 5) is 27.9. The van der Waals surface area contributed by atoms with Crippen LogP contribution in [0.1, 0.15) is 10.4 Å². The van der Waals surface area contributed by atoms with Crippen LogP contribution in [0.5, 0.6) is 0 Å². The number of carbonyl (C=O) groups excluding carboxylic acids is 1. The normalized spacial score (nSPS) is 11.8. The van der Waals surface area contributed by atoms with E-state index in [0.717, 1.165) is 11.3 Å². The second-order valence-electron chi connectivity index (χ2n) is 5.34. The monoisotopic (exact) mass is 407 g/mol. The van der Waals surface area contributed by atoms with Crippen molar-refractivity contribution in [3.63, 3.8) is 0 Å². The van der Waals surface area contributed by atoms with Gasteiger partial charge in [0.1, 0.15) is 0 Å². The van der Waals surface area contributed by atoms with Crippen LogP contribution in [0, 0.1) is 10.1 Å². The van der Waals surface area contributed by atoms with Crippen molar-refractivity contribution >= 4 is 56.5 Å². The maximum Gasteiger partial charge on any atom is 0.281 e. The number of non-ortho nitro benzene ring substituents is 1. The molecule has 0 atom stereocenters. The van der Waals surface area contributed by atoms with Gasteiger partial charge in [-0.15, -0.1) is 0 Å². The number of aromatic nitrogens is 1. The number of thiazole rings is 1. The minimum atomic E-state index is -0.436. The quantitative estimate of drug-likeness (QED) is 0.464. The minimum absolute atomic E-state index is 0.0137. The molecule has 0 bridgehead atoms. The number of hydrogen-bond acceptors (Lipinski definition) is 5. The number of hydrogen-bond donors (Lipinski definition) is 0. The first-order valence-corrected chi connectivity index (χ1v) is 10.2. The Balaban J connectivity index is 2.15. The van der Waals surface area contributed by atoms with Crippen molar-refractivity contribution in [1.82, 2.24) is 4.57 Å². The lowest BCUT2D eigenvalue weighted by Crippen LogP contribution is -2.18. The molecule has 0 saturated heterocycles. The zero-order chi connectivity index (χ0) is 18.7. The maximum atomic E-state index is 12.5. The molecule has 26 heavy (non-hydrogen) atoms. The first kappa shape index (κ1) is 18.6. The number of nitro groups is 1. The fourth-order valence-electron chi connectivity index (χ4n) is 2.44. The summed E-state index contributed by atoms with van der Waals surface area (Å²) in [6.45, 7) is 0.646. The Morgan fingerprint density at radius 1 is 1.35 bits per heavy atom. The molecule has 0 saturated carbocycles. The number of aryl methyl sites for hydroxylation is 1. The molecule has 1 heterocycles. The van der Waals surface area contributed by atoms with Gasteiger partial charge in [-0.2, -0.15) is 16.8 Å². The lowest BCUT2D eigenvalue weighted by atomic mass is 10.2. The fourth-order valence-corrected chi connectivity index (χ4v) is 4.11. The fraction of sp³-hybridized carbons (Fsp3) is 0.176. The Morgan fingerprint density at radius 2 is 2.12 bits per heavy atom. The van der Waals surface area contributed by atoms with Crippen LogP contribution in [-0.2, 0) is 6.54 Å². The third kappa shape index (κ3) is 3.82. The lowest BCUT2D eigenvalue weighted by Gasteiger charge is -2.04. The summed E-state index contributed by atoms with van der Waals surface area (Å²) < 4.78 is 2.63. The van der Waals surface area contributed by atoms with E-state index >= 15 is 0 Å². The van der Waals surface area contributed by atoms with Gasteiger partial charge in [-0.05, 0) is 24.5 Å². The molecule has 134 valence electrons. The van der Waals surface area contributed by atoms with Gasteiger partial charge in [0.2, 0.25) is 0 Å². The van der Waals surface area contributed by atoms with Gasteiger partial charge in [0.05, 0.1) is 25.7 Å². The molecule has 3 rings (SSSR count). The van der Waals surface area contributed by atoms with Gasteiger partial charge in [-0.3, -0.25) is 14.9 Å². The molecule has 0 aliphatic rings. The van der Waals surface area contributed by atoms with Gasteiger partial charge in [-0.25, -0.2) is 0 Å². The van der Waals surface area contributed by atoms with Crippen molar-refractivity contribution in [2.45, 2.75) is 6.54 Å². The summed E-state index contributed by atoms with van der Waals surface area (Å²) in [6.07, 6.45) is 1.99. The van der Waals surface area contributed by atoms with E-state index in [1.807, 2.05) is 10.8 Å². The lowest BCUT2D eigenvalue weighted by molar-refractivity contribution is -0.384. The molecule has 0 radical (unpaired) electrons. The van der Waals surface area contributed by atoms with Crippen LogP contribution in [0.15, 0.2) is 47.5 Å². The van der Waals surface area contributed by atoms with Crippen molar-refractivity contribution in [2.24, 2.45) is 4.99 Å². The van der Waals surface area contributed by atoms with Crippen molar-refractivity contribution in [3.05, 3.63) is 68.0 Å². The zero-order valence-corrected chi connectivity index (χ0v) is 16.1. The molecule has 0 fully saturated rings. The number of halogens is 1. The predicted molar refractivity (Wildman–Crippen MR) is 106 cm³/mol. The third-order valence-corrected chi connectivity index (χ3v) is 5.66. The summed E-state index contributed by atoms with van der Waals surface area (Å²) in [6, 6.07) is 11.4. The average molecular weight is 408 g/mol. The second kappa shape index (κ2) is 8.03. The van der Waals surface area contributed by atoms with E-state index in [9.17, 15) is 14.9 Å². The summed E-state index contributed by atoms with van der Waals surface area (Å²) in [5.41, 5.74) is 1.16. The van der Waals surface area contributed by atoms with Crippen LogP contribution in [0.2, 0.25) is 5.02 Å². The summed E-state index contributed by atoms with van der Waals surface area (Å²) in [7, 11) is 0. The number of amides is 1. The molecule has 0 aliphatic carbocycles. The molecule has 1 amide bonds. The number of rotatable bonds is 5. The molecule has 0 aliphatic heterocycles. The minimum Gasteiger partial charge on any atom is -0.315 e. The van der Waals surface area contributed by atoms with Gasteiger partial charge in [-0.1, -0.05) is 35.1 Å². The number of nitrogens with zero attached hydrogens (tertiary/aromatic N) is 3. The number of nitro benzene ring substituents is 1. The summed E-state index contributed by atoms with van der Waals surface area (Å²) >= 11 is 9.00. The molecule has 0 N–H and O–H groups in total. The number of thioether (sulfide) groups is 1. The molecule has 0 spiro atoms. The van der Waals surface area contributed by atoms with Crippen LogP contribution in [0.25, 0.3) is 10.2 Å². The molecular weight excluding hydrogens is 394 g/mol. The van der Waals surface area contributed by atoms with Gasteiger partial charge < -0.3 is 4.57 Å². The van der Waals surface area contributed by atoms with Gasteiger partial charge in [0.15, 0.2) is 4.80 Å². The highest BCUT2D eigenvalue weighted by Gasteiger charge is 2.14. The van der Waals surface area contributed by atoms with Crippen LogP contribution in [0.4, 0.5) is 5.69 Å². The van der Waals surface area contributed by atoms with Crippen molar-refractivity contribution in [3.8, 4) is 0 Å². The third-order valence-electron chi connectivity index (χ3n) is 3.70. The van der Waals surface area contributed by atoms with E-state index in [2.05, 4.69) is 4.99 Å². The molecule has 9 heteroatoms. The van der Waals surface area contributed by atoms with E-state index in [4.69, 9.17) is 11.6 Å². The standard InChI is InChI=1S/C17H14ClN3O3S2/c1-25-9-8-20-14-7-6-11(21(23)24)10-15(14)26-17(20)19-16(22)12-4-2-3-5-13(12)18/h2-7,10H,8-9H2,1H3. The Bertz CT molecular complexity index is 1060. The van der Waals surface area contributed by atoms with Gasteiger partial charge in [0.25, 0.3) is 11.6 Å². The Morgan fingerprint density at radius 3 is 2.81 bits per heavy atom. The summed E-state index contributed by atoms with van der Waals surface area (Å²) in [5, 5.41) is 11.4. The Kier molecular flexibility index (Phi) is 5.75. The van der Waals surface area contributed by atoms with Gasteiger partial charge in [0, 0.05) is 24.4 Å². The number of benzene rings is 2. The van der Waals surface area contributed by atoms with E-state index in [1.165, 1.54) is 23.5 Å².